The first kappa shape index (κ1) is 21.0. The Labute approximate surface area is 171 Å². The Morgan fingerprint density at radius 1 is 1.24 bits per heavy atom. The van der Waals surface area contributed by atoms with Gasteiger partial charge in [0.25, 0.3) is 5.91 Å². The van der Waals surface area contributed by atoms with Gasteiger partial charge in [-0.25, -0.2) is 4.79 Å². The fourth-order valence-electron chi connectivity index (χ4n) is 3.80. The molecule has 2 heterocycles. The number of aromatic nitrogens is 2. The Bertz CT molecular complexity index is 936. The van der Waals surface area contributed by atoms with E-state index in [1.807, 2.05) is 47.1 Å². The predicted octanol–water partition coefficient (Wildman–Crippen LogP) is 2.90. The number of aryl methyl sites for hydroxylation is 1. The maximum absolute atomic E-state index is 12.5. The van der Waals surface area contributed by atoms with Crippen LogP contribution >= 0.6 is 0 Å². The van der Waals surface area contributed by atoms with Gasteiger partial charge in [0.1, 0.15) is 11.1 Å². The van der Waals surface area contributed by atoms with Crippen LogP contribution in [0.25, 0.3) is 10.9 Å². The molecule has 1 fully saturated rings. The van der Waals surface area contributed by atoms with E-state index >= 15 is 0 Å². The largest absolute Gasteiger partial charge is 0.444 e. The number of carbonyl (C=O) groups excluding carboxylic acids is 2. The number of nitrogens with two attached hydrogens (primary N) is 1. The second kappa shape index (κ2) is 7.24. The van der Waals surface area contributed by atoms with Crippen LogP contribution in [-0.2, 0) is 11.8 Å². The second-order valence-electron chi connectivity index (χ2n) is 9.08. The molecule has 0 saturated carbocycles. The Balaban J connectivity index is 1.80. The first-order chi connectivity index (χ1) is 13.4. The van der Waals surface area contributed by atoms with E-state index < -0.39 is 11.5 Å². The maximum atomic E-state index is 12.5. The number of hydrogen-bond donors (Lipinski definition) is 1. The lowest BCUT2D eigenvalue weighted by Gasteiger charge is -2.45. The van der Waals surface area contributed by atoms with E-state index in [4.69, 9.17) is 10.5 Å². The van der Waals surface area contributed by atoms with Crippen molar-refractivity contribution in [2.75, 3.05) is 25.0 Å². The number of rotatable bonds is 3. The molecule has 158 valence electrons. The van der Waals surface area contributed by atoms with Gasteiger partial charge in [0, 0.05) is 50.0 Å². The first-order valence-corrected chi connectivity index (χ1v) is 9.89. The third kappa shape index (κ3) is 4.16. The van der Waals surface area contributed by atoms with E-state index in [1.54, 1.807) is 15.6 Å². The zero-order valence-corrected chi connectivity index (χ0v) is 18.2. The van der Waals surface area contributed by atoms with Crippen molar-refractivity contribution >= 4 is 28.6 Å². The molecule has 8 nitrogen and oxygen atoms in total. The highest BCUT2D eigenvalue weighted by atomic mass is 16.6. The molecule has 1 aromatic heterocycles. The van der Waals surface area contributed by atoms with Crippen molar-refractivity contribution in [3.63, 3.8) is 0 Å². The number of carbonyl (C=O) groups is 2. The molecule has 29 heavy (non-hydrogen) atoms. The zero-order chi connectivity index (χ0) is 21.6. The lowest BCUT2D eigenvalue weighted by molar-refractivity contribution is 0.00348. The van der Waals surface area contributed by atoms with E-state index in [1.165, 1.54) is 0 Å². The topological polar surface area (TPSA) is 93.7 Å². The molecular formula is C21H31N5O3. The quantitative estimate of drug-likeness (QED) is 0.853. The minimum atomic E-state index is -0.517. The number of anilines is 1. The fourth-order valence-corrected chi connectivity index (χ4v) is 3.80. The number of primary amides is 1. The van der Waals surface area contributed by atoms with Crippen molar-refractivity contribution in [3.05, 3.63) is 23.9 Å². The second-order valence-corrected chi connectivity index (χ2v) is 9.08. The molecular weight excluding hydrogens is 370 g/mol. The van der Waals surface area contributed by atoms with Gasteiger partial charge in [-0.3, -0.25) is 9.48 Å². The molecule has 1 saturated heterocycles. The number of amides is 2. The molecule has 0 bridgehead atoms. The normalized spacial score (nSPS) is 16.7. The smallest absolute Gasteiger partial charge is 0.410 e. The summed E-state index contributed by atoms with van der Waals surface area (Å²) in [6.07, 6.45) is 3.23. The van der Waals surface area contributed by atoms with Crippen LogP contribution in [0, 0.1) is 0 Å². The molecule has 1 aliphatic heterocycles. The average molecular weight is 402 g/mol. The molecule has 2 amide bonds. The highest BCUT2D eigenvalue weighted by Crippen LogP contribution is 2.35. The molecule has 0 unspecified atom stereocenters. The summed E-state index contributed by atoms with van der Waals surface area (Å²) in [5.41, 5.74) is 6.79. The van der Waals surface area contributed by atoms with Crippen LogP contribution in [0.2, 0.25) is 0 Å². The van der Waals surface area contributed by atoms with Gasteiger partial charge >= 0.3 is 6.09 Å². The third-order valence-corrected chi connectivity index (χ3v) is 5.69. The van der Waals surface area contributed by atoms with Gasteiger partial charge in [0.05, 0.1) is 5.56 Å². The van der Waals surface area contributed by atoms with Gasteiger partial charge in [-0.2, -0.15) is 5.10 Å². The van der Waals surface area contributed by atoms with Crippen molar-refractivity contribution < 1.29 is 14.3 Å². The van der Waals surface area contributed by atoms with Crippen molar-refractivity contribution in [1.82, 2.24) is 14.7 Å². The van der Waals surface area contributed by atoms with Gasteiger partial charge in [-0.1, -0.05) is 0 Å². The summed E-state index contributed by atoms with van der Waals surface area (Å²) in [5, 5.41) is 5.33. The summed E-state index contributed by atoms with van der Waals surface area (Å²) in [5.74, 6) is -0.481. The van der Waals surface area contributed by atoms with Crippen LogP contribution in [0.4, 0.5) is 10.5 Å². The molecule has 2 N–H and O–H groups in total. The number of hydrogen-bond acceptors (Lipinski definition) is 5. The zero-order valence-electron chi connectivity index (χ0n) is 18.2. The lowest BCUT2D eigenvalue weighted by atomic mass is 9.88. The summed E-state index contributed by atoms with van der Waals surface area (Å²) < 4.78 is 7.24. The molecule has 8 heteroatoms. The summed E-state index contributed by atoms with van der Waals surface area (Å²) in [6, 6.07) is 3.68. The predicted molar refractivity (Wildman–Crippen MR) is 113 cm³/mol. The SMILES string of the molecule is CN(C(=O)OC(C)(C)C)C1(C)CCN(c2ccc(C(N)=O)c3nn(C)cc23)CC1. The van der Waals surface area contributed by atoms with Gasteiger partial charge in [-0.15, -0.1) is 0 Å². The first-order valence-electron chi connectivity index (χ1n) is 9.89. The lowest BCUT2D eigenvalue weighted by Crippen LogP contribution is -2.55. The molecule has 1 aliphatic rings. The van der Waals surface area contributed by atoms with Crippen LogP contribution in [0.5, 0.6) is 0 Å². The molecule has 1 aromatic carbocycles. The number of nitrogens with zero attached hydrogens (tertiary/aromatic N) is 4. The van der Waals surface area contributed by atoms with Crippen LogP contribution in [-0.4, -0.2) is 58.0 Å². The minimum absolute atomic E-state index is 0.278. The van der Waals surface area contributed by atoms with Crippen molar-refractivity contribution in [2.45, 2.75) is 51.7 Å². The monoisotopic (exact) mass is 401 g/mol. The number of ether oxygens (including phenoxy) is 1. The fraction of sp³-hybridized carbons (Fsp3) is 0.571. The van der Waals surface area contributed by atoms with Crippen molar-refractivity contribution in [3.8, 4) is 0 Å². The van der Waals surface area contributed by atoms with E-state index in [2.05, 4.69) is 16.9 Å². The van der Waals surface area contributed by atoms with Crippen molar-refractivity contribution in [2.24, 2.45) is 12.8 Å². The molecule has 0 aliphatic carbocycles. The standard InChI is InChI=1S/C21H31N5O3/c1-20(2,3)29-19(28)25(6)21(4)9-11-26(12-10-21)16-8-7-14(18(22)27)17-15(16)13-24(5)23-17/h7-8,13H,9-12H2,1-6H3,(H2,22,27). The van der Waals surface area contributed by atoms with Gasteiger partial charge in [0.15, 0.2) is 0 Å². The summed E-state index contributed by atoms with van der Waals surface area (Å²) in [4.78, 5) is 28.3. The Morgan fingerprint density at radius 3 is 2.41 bits per heavy atom. The summed E-state index contributed by atoms with van der Waals surface area (Å²) in [6.45, 7) is 9.28. The van der Waals surface area contributed by atoms with Gasteiger partial charge < -0.3 is 20.3 Å². The van der Waals surface area contributed by atoms with Crippen LogP contribution in [0.3, 0.4) is 0 Å². The van der Waals surface area contributed by atoms with Crippen LogP contribution in [0.15, 0.2) is 18.3 Å². The van der Waals surface area contributed by atoms with E-state index in [0.717, 1.165) is 37.0 Å². The number of fused-ring (bicyclic) bond motifs is 1. The molecule has 2 aromatic rings. The van der Waals surface area contributed by atoms with Crippen molar-refractivity contribution in [1.29, 1.82) is 0 Å². The van der Waals surface area contributed by atoms with Crippen LogP contribution in [0.1, 0.15) is 50.9 Å². The molecule has 0 atom stereocenters. The van der Waals surface area contributed by atoms with Gasteiger partial charge in [-0.05, 0) is 52.7 Å². The summed E-state index contributed by atoms with van der Waals surface area (Å²) in [7, 11) is 3.64. The maximum Gasteiger partial charge on any atom is 0.410 e. The minimum Gasteiger partial charge on any atom is -0.444 e. The van der Waals surface area contributed by atoms with E-state index in [0.29, 0.717) is 11.1 Å². The highest BCUT2D eigenvalue weighted by molar-refractivity contribution is 6.08. The molecule has 3 rings (SSSR count). The third-order valence-electron chi connectivity index (χ3n) is 5.69. The molecule has 0 spiro atoms. The summed E-state index contributed by atoms with van der Waals surface area (Å²) >= 11 is 0. The Hall–Kier alpha value is -2.77. The number of benzene rings is 1. The van der Waals surface area contributed by atoms with E-state index in [-0.39, 0.29) is 11.6 Å². The highest BCUT2D eigenvalue weighted by Gasteiger charge is 2.38. The molecule has 0 radical (unpaired) electrons. The van der Waals surface area contributed by atoms with Gasteiger partial charge in [0.2, 0.25) is 0 Å². The number of piperidine rings is 1. The van der Waals surface area contributed by atoms with Crippen LogP contribution < -0.4 is 10.6 Å². The Kier molecular flexibility index (Phi) is 5.23. The Morgan fingerprint density at radius 2 is 1.86 bits per heavy atom. The van der Waals surface area contributed by atoms with E-state index in [9.17, 15) is 9.59 Å². The average Bonchev–Trinajstić information content (AvgIpc) is 3.00.